The third-order valence-corrected chi connectivity index (χ3v) is 2.86. The van der Waals surface area contributed by atoms with Gasteiger partial charge in [0.15, 0.2) is 10.1 Å². The summed E-state index contributed by atoms with van der Waals surface area (Å²) in [6.45, 7) is 0. The summed E-state index contributed by atoms with van der Waals surface area (Å²) >= 11 is 0. The highest BCUT2D eigenvalue weighted by Gasteiger charge is 2.36. The molecule has 1 aromatic rings. The lowest BCUT2D eigenvalue weighted by Crippen LogP contribution is -2.21. The molecule has 3 nitrogen and oxygen atoms in total. The Kier molecular flexibility index (Phi) is 7.17. The largest absolute Gasteiger partial charge is 0.741 e. The number of alkyl halides is 3. The minimum Gasteiger partial charge on any atom is -0.741 e. The van der Waals surface area contributed by atoms with Gasteiger partial charge in [0.2, 0.25) is 0 Å². The Labute approximate surface area is 113 Å². The van der Waals surface area contributed by atoms with Crippen LogP contribution < -0.4 is 0 Å². The molecule has 0 radical (unpaired) electrons. The van der Waals surface area contributed by atoms with Crippen LogP contribution in [0.3, 0.4) is 0 Å². The van der Waals surface area contributed by atoms with Gasteiger partial charge in [-0.05, 0) is 11.6 Å². The van der Waals surface area contributed by atoms with Gasteiger partial charge in [0.05, 0.1) is 0 Å². The first kappa shape index (κ1) is 18.0. The van der Waals surface area contributed by atoms with E-state index in [1.54, 1.807) is 0 Å². The van der Waals surface area contributed by atoms with Gasteiger partial charge in [0, 0.05) is 10.9 Å². The summed E-state index contributed by atoms with van der Waals surface area (Å²) < 4.78 is 58.9. The third kappa shape index (κ3) is 8.68. The predicted octanol–water partition coefficient (Wildman–Crippen LogP) is 2.59. The van der Waals surface area contributed by atoms with Crippen molar-refractivity contribution in [2.45, 2.75) is 5.51 Å². The molecule has 108 valence electrons. The first-order valence-corrected chi connectivity index (χ1v) is 8.37. The van der Waals surface area contributed by atoms with E-state index in [-0.39, 0.29) is 0 Å². The highest BCUT2D eigenvalue weighted by atomic mass is 32.2. The summed E-state index contributed by atoms with van der Waals surface area (Å²) in [7, 11) is -5.69. The smallest absolute Gasteiger partial charge is 0.485 e. The third-order valence-electron chi connectivity index (χ3n) is 1.62. The summed E-state index contributed by atoms with van der Waals surface area (Å²) in [4.78, 5) is 0. The van der Waals surface area contributed by atoms with Gasteiger partial charge >= 0.3 is 5.51 Å². The Bertz CT molecular complexity index is 494. The van der Waals surface area contributed by atoms with E-state index >= 15 is 0 Å². The van der Waals surface area contributed by atoms with E-state index in [1.807, 2.05) is 6.07 Å². The van der Waals surface area contributed by atoms with Crippen LogP contribution in [0.5, 0.6) is 0 Å². The molecule has 0 bridgehead atoms. The Balaban J connectivity index is 0.000000362. The number of rotatable bonds is 2. The van der Waals surface area contributed by atoms with Crippen LogP contribution in [-0.2, 0) is 21.0 Å². The first-order chi connectivity index (χ1) is 8.54. The number of hydrogen-bond acceptors (Lipinski definition) is 3. The molecule has 1 aromatic carbocycles. The fraction of sp³-hybridized carbons (Fsp3) is 0.273. The van der Waals surface area contributed by atoms with Crippen LogP contribution in [0.25, 0.3) is 6.08 Å². The van der Waals surface area contributed by atoms with E-state index in [2.05, 4.69) is 48.3 Å². The monoisotopic (exact) mass is 314 g/mol. The van der Waals surface area contributed by atoms with Crippen LogP contribution >= 0.6 is 0 Å². The van der Waals surface area contributed by atoms with E-state index < -0.39 is 15.6 Å². The zero-order valence-electron chi connectivity index (χ0n) is 10.2. The Morgan fingerprint density at radius 3 is 1.89 bits per heavy atom. The molecule has 0 N–H and O–H groups in total. The van der Waals surface area contributed by atoms with Gasteiger partial charge in [-0.3, -0.25) is 0 Å². The van der Waals surface area contributed by atoms with Crippen molar-refractivity contribution in [2.75, 3.05) is 12.5 Å². The quantitative estimate of drug-likeness (QED) is 0.479. The van der Waals surface area contributed by atoms with E-state index in [9.17, 15) is 13.2 Å². The van der Waals surface area contributed by atoms with Gasteiger partial charge < -0.3 is 4.55 Å². The zero-order chi connectivity index (χ0) is 15.1. The van der Waals surface area contributed by atoms with Crippen molar-refractivity contribution >= 4 is 27.1 Å². The maximum absolute atomic E-state index is 10.7. The molecule has 19 heavy (non-hydrogen) atoms. The lowest BCUT2D eigenvalue weighted by Gasteiger charge is -2.08. The van der Waals surface area contributed by atoms with Crippen LogP contribution in [0, 0.1) is 0 Å². The van der Waals surface area contributed by atoms with Crippen molar-refractivity contribution in [1.82, 2.24) is 0 Å². The Morgan fingerprint density at radius 2 is 1.58 bits per heavy atom. The van der Waals surface area contributed by atoms with Crippen LogP contribution in [-0.4, -0.2) is 31.0 Å². The average Bonchev–Trinajstić information content (AvgIpc) is 2.26. The lowest BCUT2D eigenvalue weighted by molar-refractivity contribution is -0.0517. The summed E-state index contributed by atoms with van der Waals surface area (Å²) in [5, 5.41) is 2.23. The number of benzene rings is 1. The summed E-state index contributed by atoms with van der Waals surface area (Å²) in [5.74, 6) is 0. The molecule has 0 fully saturated rings. The topological polar surface area (TPSA) is 57.2 Å². The molecule has 0 amide bonds. The molecular weight excluding hydrogens is 301 g/mol. The number of hydrogen-bond donors (Lipinski definition) is 0. The van der Waals surface area contributed by atoms with Gasteiger partial charge in [0.25, 0.3) is 0 Å². The average molecular weight is 314 g/mol. The summed E-state index contributed by atoms with van der Waals surface area (Å²) in [6, 6.07) is 10.4. The second-order valence-corrected chi connectivity index (χ2v) is 6.90. The maximum Gasteiger partial charge on any atom is 0.485 e. The van der Waals surface area contributed by atoms with Crippen molar-refractivity contribution in [1.29, 1.82) is 0 Å². The van der Waals surface area contributed by atoms with E-state index in [4.69, 9.17) is 13.0 Å². The minimum atomic E-state index is -6.09. The molecule has 8 heteroatoms. The fourth-order valence-corrected chi connectivity index (χ4v) is 1.21. The number of halogens is 3. The van der Waals surface area contributed by atoms with Gasteiger partial charge in [-0.1, -0.05) is 30.3 Å². The minimum absolute atomic E-state index is 0.403. The molecular formula is C11H13F3O3S2. The van der Waals surface area contributed by atoms with Crippen LogP contribution in [0.2, 0.25) is 0 Å². The van der Waals surface area contributed by atoms with E-state index in [0.29, 0.717) is 10.9 Å². The molecule has 0 aliphatic rings. The Hall–Kier alpha value is -0.990. The summed E-state index contributed by atoms with van der Waals surface area (Å²) in [6.07, 6.45) is 6.59. The molecule has 0 aliphatic heterocycles. The highest BCUT2D eigenvalue weighted by molar-refractivity contribution is 7.98. The molecule has 0 aromatic heterocycles. The highest BCUT2D eigenvalue weighted by Crippen LogP contribution is 2.20. The molecule has 0 unspecified atom stereocenters. The maximum atomic E-state index is 10.7. The van der Waals surface area contributed by atoms with Crippen LogP contribution in [0.15, 0.2) is 35.7 Å². The van der Waals surface area contributed by atoms with E-state index in [1.165, 1.54) is 5.56 Å². The fourth-order valence-electron chi connectivity index (χ4n) is 0.779. The second-order valence-electron chi connectivity index (χ2n) is 3.49. The van der Waals surface area contributed by atoms with Crippen molar-refractivity contribution in [3.05, 3.63) is 41.3 Å². The van der Waals surface area contributed by atoms with Crippen LogP contribution in [0.4, 0.5) is 13.2 Å². The summed E-state index contributed by atoms with van der Waals surface area (Å²) in [5.41, 5.74) is -4.36. The van der Waals surface area contributed by atoms with Gasteiger partial charge in [-0.2, -0.15) is 13.2 Å². The zero-order valence-corrected chi connectivity index (χ0v) is 11.8. The van der Waals surface area contributed by atoms with Crippen molar-refractivity contribution in [2.24, 2.45) is 0 Å². The van der Waals surface area contributed by atoms with Gasteiger partial charge in [0.1, 0.15) is 17.9 Å². The molecule has 0 aliphatic carbocycles. The van der Waals surface area contributed by atoms with Crippen molar-refractivity contribution in [3.8, 4) is 0 Å². The van der Waals surface area contributed by atoms with Gasteiger partial charge in [-0.15, -0.1) is 0 Å². The molecule has 1 rings (SSSR count). The van der Waals surface area contributed by atoms with E-state index in [0.717, 1.165) is 0 Å². The standard InChI is InChI=1S/C10H13S.CHF3O3S/c1-11(2)9-8-10-6-4-3-5-7-10;2-1(3,4)8(5,6)7/h3-9H,1-2H3;(H,5,6,7)/q+1;/p-1/b9-8+;. The molecule has 0 atom stereocenters. The van der Waals surface area contributed by atoms with Crippen molar-refractivity contribution in [3.63, 3.8) is 0 Å². The molecule has 0 spiro atoms. The first-order valence-electron chi connectivity index (χ1n) is 4.86. The molecule has 0 saturated carbocycles. The second kappa shape index (κ2) is 7.56. The van der Waals surface area contributed by atoms with Crippen LogP contribution in [0.1, 0.15) is 5.56 Å². The Morgan fingerprint density at radius 1 is 1.16 bits per heavy atom. The predicted molar refractivity (Wildman–Crippen MR) is 70.4 cm³/mol. The van der Waals surface area contributed by atoms with Crippen molar-refractivity contribution < 1.29 is 26.1 Å². The van der Waals surface area contributed by atoms with Gasteiger partial charge in [-0.25, -0.2) is 8.42 Å². The molecule has 0 saturated heterocycles. The SMILES string of the molecule is C[S+](C)/C=C/c1ccccc1.O=S(=O)([O-])C(F)(F)F. The normalized spacial score (nSPS) is 12.4. The molecule has 0 heterocycles. The lowest BCUT2D eigenvalue weighted by atomic mass is 10.2.